The molecule has 264 valence electrons. The molecule has 0 fully saturated rings. The van der Waals surface area contributed by atoms with E-state index in [-0.39, 0.29) is 58.7 Å². The molecule has 0 aliphatic heterocycles. The van der Waals surface area contributed by atoms with E-state index in [0.29, 0.717) is 0 Å². The molecule has 0 radical (unpaired) electrons. The van der Waals surface area contributed by atoms with Gasteiger partial charge in [0, 0.05) is 0 Å². The van der Waals surface area contributed by atoms with Crippen molar-refractivity contribution in [3.63, 3.8) is 0 Å². The van der Waals surface area contributed by atoms with E-state index in [1.54, 1.807) is 24.3 Å². The number of aryl methyl sites for hydroxylation is 4. The van der Waals surface area contributed by atoms with Gasteiger partial charge in [0.2, 0.25) is 0 Å². The molecule has 6 nitrogen and oxygen atoms in total. The zero-order chi connectivity index (χ0) is 34.3. The fraction of sp³-hybridized carbons (Fsp3) is 0.684. The van der Waals surface area contributed by atoms with E-state index in [1.165, 1.54) is 128 Å². The molecule has 0 amide bonds. The fourth-order valence-corrected chi connectivity index (χ4v) is 6.79. The van der Waals surface area contributed by atoms with Gasteiger partial charge in [-0.25, -0.2) is 16.8 Å². The summed E-state index contributed by atoms with van der Waals surface area (Å²) >= 11 is 0. The Morgan fingerprint density at radius 1 is 0.447 bits per heavy atom. The van der Waals surface area contributed by atoms with Gasteiger partial charge in [0.1, 0.15) is 20.2 Å². The van der Waals surface area contributed by atoms with Crippen molar-refractivity contribution in [1.82, 2.24) is 0 Å². The molecule has 0 saturated carbocycles. The predicted molar refractivity (Wildman–Crippen MR) is 195 cm³/mol. The van der Waals surface area contributed by atoms with Crippen LogP contribution in [0.5, 0.6) is 0 Å². The van der Waals surface area contributed by atoms with Gasteiger partial charge in [-0.1, -0.05) is 142 Å². The van der Waals surface area contributed by atoms with Crippen LogP contribution in [0.3, 0.4) is 0 Å². The molecule has 0 aliphatic rings. The maximum atomic E-state index is 11.1. The summed E-state index contributed by atoms with van der Waals surface area (Å²) in [4.78, 5) is -0.213. The molecule has 0 heterocycles. The molecular weight excluding hydrogens is 754 g/mol. The Hall–Kier alpha value is -0.169. The summed E-state index contributed by atoms with van der Waals surface area (Å²) in [6.07, 6.45) is 27.4. The van der Waals surface area contributed by atoms with Crippen LogP contribution in [0.25, 0.3) is 0 Å². The van der Waals surface area contributed by atoms with E-state index >= 15 is 0 Å². The number of unbranched alkanes of at least 4 members (excludes halogenated alkanes) is 18. The zero-order valence-corrected chi connectivity index (χ0v) is 36.1. The van der Waals surface area contributed by atoms with Crippen LogP contribution in [0.4, 0.5) is 0 Å². The van der Waals surface area contributed by atoms with E-state index in [4.69, 9.17) is 0 Å². The van der Waals surface area contributed by atoms with Gasteiger partial charge >= 0.3 is 48.9 Å². The first-order chi connectivity index (χ1) is 21.9. The van der Waals surface area contributed by atoms with Crippen molar-refractivity contribution >= 4 is 69.1 Å². The average Bonchev–Trinajstić information content (AvgIpc) is 3.00. The summed E-state index contributed by atoms with van der Waals surface area (Å²) in [5.74, 6) is 0. The topological polar surface area (TPSA) is 114 Å². The molecule has 2 rings (SSSR count). The molecule has 2 aromatic rings. The summed E-state index contributed by atoms with van der Waals surface area (Å²) in [6, 6.07) is 9.36. The molecule has 0 unspecified atom stereocenters. The SMILES string of the molecule is CCCCCCCCCCCCc1cc(S(=O)(=O)[O-])ccc1C.CCCCCCCCCCCCc1cc(S(=O)(=O)[O-])ccc1C.[Ba+2]. The van der Waals surface area contributed by atoms with Crippen molar-refractivity contribution in [3.05, 3.63) is 58.7 Å². The minimum Gasteiger partial charge on any atom is -0.744 e. The van der Waals surface area contributed by atoms with Crippen molar-refractivity contribution in [2.45, 2.75) is 179 Å². The molecule has 47 heavy (non-hydrogen) atoms. The maximum Gasteiger partial charge on any atom is 2.00 e. The first-order valence-corrected chi connectivity index (χ1v) is 20.8. The van der Waals surface area contributed by atoms with E-state index in [0.717, 1.165) is 47.9 Å². The van der Waals surface area contributed by atoms with Gasteiger partial charge < -0.3 is 9.11 Å². The summed E-state index contributed by atoms with van der Waals surface area (Å²) in [5, 5.41) is 0. The van der Waals surface area contributed by atoms with Crippen molar-refractivity contribution in [1.29, 1.82) is 0 Å². The Labute approximate surface area is 329 Å². The van der Waals surface area contributed by atoms with Crippen LogP contribution < -0.4 is 0 Å². The second-order valence-corrected chi connectivity index (χ2v) is 15.7. The molecule has 9 heteroatoms. The molecule has 0 spiro atoms. The number of hydrogen-bond acceptors (Lipinski definition) is 6. The van der Waals surface area contributed by atoms with Crippen LogP contribution in [0.2, 0.25) is 0 Å². The Bertz CT molecular complexity index is 1210. The Balaban J connectivity index is 0.000000882. The maximum absolute atomic E-state index is 11.1. The Kier molecular flexibility index (Phi) is 27.4. The third kappa shape index (κ3) is 23.0. The van der Waals surface area contributed by atoms with Gasteiger partial charge in [0.25, 0.3) is 0 Å². The van der Waals surface area contributed by atoms with Crippen LogP contribution in [0, 0.1) is 13.8 Å². The third-order valence-electron chi connectivity index (χ3n) is 8.82. The molecule has 0 aromatic heterocycles. The monoisotopic (exact) mass is 816 g/mol. The molecule has 2 aromatic carbocycles. The standard InChI is InChI=1S/2C19H32O3S.Ba/c2*1-3-4-5-6-7-8-9-10-11-12-13-18-16-19(23(20,21)22)15-14-17(18)2;/h2*14-16H,3-13H2,1-2H3,(H,20,21,22);/q;;+2/p-2. The average molecular weight is 816 g/mol. The van der Waals surface area contributed by atoms with E-state index in [9.17, 15) is 25.9 Å². The van der Waals surface area contributed by atoms with Gasteiger partial charge in [-0.05, 0) is 86.1 Å². The predicted octanol–water partition coefficient (Wildman–Crippen LogP) is 10.3. The number of hydrogen-bond donors (Lipinski definition) is 0. The minimum absolute atomic E-state index is 0. The van der Waals surface area contributed by atoms with E-state index in [1.807, 2.05) is 13.8 Å². The molecule has 0 N–H and O–H groups in total. The molecule has 0 bridgehead atoms. The van der Waals surface area contributed by atoms with Gasteiger partial charge in [-0.2, -0.15) is 0 Å². The van der Waals surface area contributed by atoms with Crippen LogP contribution in [-0.2, 0) is 33.1 Å². The molecule has 0 atom stereocenters. The quantitative estimate of drug-likeness (QED) is 0.0592. The van der Waals surface area contributed by atoms with Crippen LogP contribution in [-0.4, -0.2) is 74.8 Å². The number of benzene rings is 2. The van der Waals surface area contributed by atoms with Crippen LogP contribution in [0.1, 0.15) is 165 Å². The fourth-order valence-electron chi connectivity index (χ4n) is 5.75. The molecule has 0 aliphatic carbocycles. The minimum atomic E-state index is -4.34. The van der Waals surface area contributed by atoms with Gasteiger partial charge in [0.15, 0.2) is 0 Å². The zero-order valence-electron chi connectivity index (χ0n) is 30.0. The van der Waals surface area contributed by atoms with E-state index < -0.39 is 20.2 Å². The van der Waals surface area contributed by atoms with Gasteiger partial charge in [-0.15, -0.1) is 0 Å². The number of rotatable bonds is 24. The van der Waals surface area contributed by atoms with Gasteiger partial charge in [-0.3, -0.25) is 0 Å². The van der Waals surface area contributed by atoms with Crippen molar-refractivity contribution in [2.75, 3.05) is 0 Å². The van der Waals surface area contributed by atoms with Crippen LogP contribution in [0.15, 0.2) is 46.2 Å². The third-order valence-corrected chi connectivity index (χ3v) is 10.5. The second kappa shape index (κ2) is 27.5. The van der Waals surface area contributed by atoms with Crippen molar-refractivity contribution in [3.8, 4) is 0 Å². The summed E-state index contributed by atoms with van der Waals surface area (Å²) in [5.41, 5.74) is 4.10. The first kappa shape index (κ1) is 46.8. The largest absolute Gasteiger partial charge is 2.00 e. The summed E-state index contributed by atoms with van der Waals surface area (Å²) < 4.78 is 66.5. The molecular formula is C38H62BaO6S2. The van der Waals surface area contributed by atoms with Crippen LogP contribution >= 0.6 is 0 Å². The van der Waals surface area contributed by atoms with Gasteiger partial charge in [0.05, 0.1) is 9.79 Å². The summed E-state index contributed by atoms with van der Waals surface area (Å²) in [6.45, 7) is 8.41. The second-order valence-electron chi connectivity index (χ2n) is 12.9. The molecule has 0 saturated heterocycles. The van der Waals surface area contributed by atoms with Crippen molar-refractivity contribution in [2.24, 2.45) is 0 Å². The Morgan fingerprint density at radius 2 is 0.702 bits per heavy atom. The van der Waals surface area contributed by atoms with E-state index in [2.05, 4.69) is 13.8 Å². The summed E-state index contributed by atoms with van der Waals surface area (Å²) in [7, 11) is -8.69. The normalized spacial score (nSPS) is 11.5. The smallest absolute Gasteiger partial charge is 0.744 e. The first-order valence-electron chi connectivity index (χ1n) is 18.0. The van der Waals surface area contributed by atoms with Crippen molar-refractivity contribution < 1.29 is 25.9 Å². The Morgan fingerprint density at radius 3 is 0.957 bits per heavy atom.